The fraction of sp³-hybridized carbons (Fsp3) is 0.261. The van der Waals surface area contributed by atoms with Gasteiger partial charge in [-0.2, -0.15) is 0 Å². The minimum absolute atomic E-state index is 0.0435. The highest BCUT2D eigenvalue weighted by molar-refractivity contribution is 5.98. The first-order chi connectivity index (χ1) is 14.6. The number of benzene rings is 2. The van der Waals surface area contributed by atoms with Gasteiger partial charge in [0, 0.05) is 30.6 Å². The molecule has 1 aliphatic heterocycles. The number of aromatic nitrogens is 1. The first-order valence-corrected chi connectivity index (χ1v) is 9.79. The number of rotatable bonds is 5. The van der Waals surface area contributed by atoms with Crippen LogP contribution in [0.15, 0.2) is 59.1 Å². The summed E-state index contributed by atoms with van der Waals surface area (Å²) in [6.07, 6.45) is 1.17. The second-order valence-electron chi connectivity index (χ2n) is 7.25. The lowest BCUT2D eigenvalue weighted by molar-refractivity contribution is 0.0642. The van der Waals surface area contributed by atoms with E-state index in [4.69, 9.17) is 9.26 Å². The Kier molecular flexibility index (Phi) is 5.52. The van der Waals surface area contributed by atoms with Crippen LogP contribution >= 0.6 is 0 Å². The maximum atomic E-state index is 12.8. The third kappa shape index (κ3) is 3.91. The number of Topliss-reactive ketones (excluding diaryl/α,β-unsaturated/α-hetero) is 1. The van der Waals surface area contributed by atoms with Crippen molar-refractivity contribution in [2.45, 2.75) is 12.8 Å². The summed E-state index contributed by atoms with van der Waals surface area (Å²) in [4.78, 5) is 27.2. The van der Waals surface area contributed by atoms with E-state index in [0.29, 0.717) is 43.0 Å². The lowest BCUT2D eigenvalue weighted by Crippen LogP contribution is -2.40. The molecule has 1 N–H and O–H groups in total. The fourth-order valence-corrected chi connectivity index (χ4v) is 3.72. The molecule has 0 unspecified atom stereocenters. The van der Waals surface area contributed by atoms with Gasteiger partial charge in [-0.15, -0.1) is 0 Å². The van der Waals surface area contributed by atoms with Crippen molar-refractivity contribution >= 4 is 11.7 Å². The van der Waals surface area contributed by atoms with Crippen LogP contribution in [0.2, 0.25) is 0 Å². The number of phenolic OH excluding ortho intramolecular Hbond substituents is 1. The molecule has 1 fully saturated rings. The van der Waals surface area contributed by atoms with Crippen molar-refractivity contribution in [2.75, 3.05) is 20.2 Å². The number of amides is 1. The van der Waals surface area contributed by atoms with Crippen LogP contribution < -0.4 is 4.74 Å². The molecule has 4 rings (SSSR count). The van der Waals surface area contributed by atoms with Crippen LogP contribution in [0.5, 0.6) is 11.5 Å². The monoisotopic (exact) mass is 406 g/mol. The molecule has 7 heteroatoms. The average Bonchev–Trinajstić information content (AvgIpc) is 3.29. The number of hydrogen-bond donors (Lipinski definition) is 1. The largest absolute Gasteiger partial charge is 0.508 e. The topological polar surface area (TPSA) is 92.9 Å². The predicted molar refractivity (Wildman–Crippen MR) is 110 cm³/mol. The molecule has 154 valence electrons. The Balaban J connectivity index is 1.41. The van der Waals surface area contributed by atoms with Gasteiger partial charge in [0.05, 0.1) is 12.7 Å². The molecule has 1 amide bonds. The third-order valence-corrected chi connectivity index (χ3v) is 5.41. The summed E-state index contributed by atoms with van der Waals surface area (Å²) in [5.41, 5.74) is 1.54. The molecule has 0 radical (unpaired) electrons. The van der Waals surface area contributed by atoms with E-state index in [1.165, 1.54) is 12.1 Å². The normalized spacial score (nSPS) is 14.5. The molecular weight excluding hydrogens is 384 g/mol. The van der Waals surface area contributed by atoms with Gasteiger partial charge in [0.25, 0.3) is 5.91 Å². The van der Waals surface area contributed by atoms with Crippen LogP contribution in [-0.2, 0) is 0 Å². The molecule has 1 aliphatic rings. The Morgan fingerprint density at radius 2 is 1.80 bits per heavy atom. The van der Waals surface area contributed by atoms with Crippen LogP contribution in [0.4, 0.5) is 0 Å². The van der Waals surface area contributed by atoms with Gasteiger partial charge in [-0.25, -0.2) is 0 Å². The van der Waals surface area contributed by atoms with Gasteiger partial charge in [0.1, 0.15) is 11.5 Å². The van der Waals surface area contributed by atoms with Crippen LogP contribution in [-0.4, -0.2) is 47.1 Å². The summed E-state index contributed by atoms with van der Waals surface area (Å²) in [6.45, 7) is 0.953. The maximum Gasteiger partial charge on any atom is 0.276 e. The minimum Gasteiger partial charge on any atom is -0.508 e. The molecular formula is C23H22N2O5. The first-order valence-electron chi connectivity index (χ1n) is 9.79. The third-order valence-electron chi connectivity index (χ3n) is 5.41. The van der Waals surface area contributed by atoms with Gasteiger partial charge in [-0.05, 0) is 49.2 Å². The number of likely N-dealkylation sites (tertiary alicyclic amines) is 1. The SMILES string of the molecule is COc1ccccc1-c1cc(C(=O)N2CCC(C(=O)c3ccc(O)cc3)CC2)no1. The summed E-state index contributed by atoms with van der Waals surface area (Å²) in [5, 5.41) is 13.3. The van der Waals surface area contributed by atoms with Crippen molar-refractivity contribution in [3.63, 3.8) is 0 Å². The molecule has 2 aromatic carbocycles. The molecule has 0 saturated carbocycles. The van der Waals surface area contributed by atoms with E-state index in [1.807, 2.05) is 24.3 Å². The number of carbonyl (C=O) groups excluding carboxylic acids is 2. The summed E-state index contributed by atoms with van der Waals surface area (Å²) in [7, 11) is 1.57. The number of nitrogens with zero attached hydrogens (tertiary/aromatic N) is 2. The van der Waals surface area contributed by atoms with E-state index in [9.17, 15) is 14.7 Å². The molecule has 0 bridgehead atoms. The molecule has 7 nitrogen and oxygen atoms in total. The second-order valence-corrected chi connectivity index (χ2v) is 7.25. The van der Waals surface area contributed by atoms with Crippen LogP contribution in [0.3, 0.4) is 0 Å². The number of carbonyl (C=O) groups is 2. The predicted octanol–water partition coefficient (Wildman–Crippen LogP) is 3.79. The number of ketones is 1. The average molecular weight is 406 g/mol. The molecule has 0 aliphatic carbocycles. The molecule has 2 heterocycles. The zero-order chi connectivity index (χ0) is 21.1. The molecule has 1 aromatic heterocycles. The molecule has 30 heavy (non-hydrogen) atoms. The number of phenols is 1. The number of hydrogen-bond acceptors (Lipinski definition) is 6. The molecule has 0 atom stereocenters. The lowest BCUT2D eigenvalue weighted by atomic mass is 9.89. The zero-order valence-corrected chi connectivity index (χ0v) is 16.6. The number of para-hydroxylation sites is 1. The Morgan fingerprint density at radius 3 is 2.50 bits per heavy atom. The van der Waals surface area contributed by atoms with Crippen LogP contribution in [0, 0.1) is 5.92 Å². The summed E-state index contributed by atoms with van der Waals surface area (Å²) < 4.78 is 10.7. The van der Waals surface area contributed by atoms with Crippen molar-refractivity contribution in [1.82, 2.24) is 10.1 Å². The second kappa shape index (κ2) is 8.41. The number of methoxy groups -OCH3 is 1. The summed E-state index contributed by atoms with van der Waals surface area (Å²) in [5.74, 6) is 0.930. The van der Waals surface area contributed by atoms with Crippen molar-refractivity contribution in [2.24, 2.45) is 5.92 Å². The Labute approximate surface area is 173 Å². The molecule has 3 aromatic rings. The van der Waals surface area contributed by atoms with E-state index < -0.39 is 0 Å². The van der Waals surface area contributed by atoms with Gasteiger partial charge in [0.15, 0.2) is 17.2 Å². The Hall–Kier alpha value is -3.61. The highest BCUT2D eigenvalue weighted by Crippen LogP contribution is 2.30. The van der Waals surface area contributed by atoms with Crippen molar-refractivity contribution < 1.29 is 24.0 Å². The number of aromatic hydroxyl groups is 1. The van der Waals surface area contributed by atoms with Gasteiger partial charge >= 0.3 is 0 Å². The van der Waals surface area contributed by atoms with Gasteiger partial charge < -0.3 is 19.3 Å². The van der Waals surface area contributed by atoms with Gasteiger partial charge in [-0.3, -0.25) is 9.59 Å². The van der Waals surface area contributed by atoms with Crippen molar-refractivity contribution in [3.05, 3.63) is 65.9 Å². The lowest BCUT2D eigenvalue weighted by Gasteiger charge is -2.30. The smallest absolute Gasteiger partial charge is 0.276 e. The van der Waals surface area contributed by atoms with E-state index >= 15 is 0 Å². The quantitative estimate of drug-likeness (QED) is 0.648. The highest BCUT2D eigenvalue weighted by Gasteiger charge is 2.30. The standard InChI is InChI=1S/C23H22N2O5/c1-29-20-5-3-2-4-18(20)21-14-19(24-30-21)23(28)25-12-10-16(11-13-25)22(27)15-6-8-17(26)9-7-15/h2-9,14,16,26H,10-13H2,1H3. The van der Waals surface area contributed by atoms with Crippen molar-refractivity contribution in [3.8, 4) is 22.8 Å². The summed E-state index contributed by atoms with van der Waals surface area (Å²) >= 11 is 0. The molecule has 1 saturated heterocycles. The fourth-order valence-electron chi connectivity index (χ4n) is 3.72. The zero-order valence-electron chi connectivity index (χ0n) is 16.6. The van der Waals surface area contributed by atoms with E-state index in [1.54, 1.807) is 30.2 Å². The van der Waals surface area contributed by atoms with Crippen LogP contribution in [0.1, 0.15) is 33.7 Å². The maximum absolute atomic E-state index is 12.8. The number of ether oxygens (including phenoxy) is 1. The first kappa shape index (κ1) is 19.7. The van der Waals surface area contributed by atoms with Crippen LogP contribution in [0.25, 0.3) is 11.3 Å². The van der Waals surface area contributed by atoms with E-state index in [0.717, 1.165) is 5.56 Å². The van der Waals surface area contributed by atoms with Gasteiger partial charge in [0.2, 0.25) is 0 Å². The Bertz CT molecular complexity index is 1050. The highest BCUT2D eigenvalue weighted by atomic mass is 16.5. The number of piperidine rings is 1. The molecule has 0 spiro atoms. The van der Waals surface area contributed by atoms with E-state index in [-0.39, 0.29) is 29.1 Å². The Morgan fingerprint density at radius 1 is 1.10 bits per heavy atom. The van der Waals surface area contributed by atoms with Gasteiger partial charge in [-0.1, -0.05) is 17.3 Å². The van der Waals surface area contributed by atoms with Crippen molar-refractivity contribution in [1.29, 1.82) is 0 Å². The van der Waals surface area contributed by atoms with E-state index in [2.05, 4.69) is 5.16 Å². The minimum atomic E-state index is -0.213. The summed E-state index contributed by atoms with van der Waals surface area (Å²) in [6, 6.07) is 15.3.